The van der Waals surface area contributed by atoms with E-state index in [1.807, 2.05) is 0 Å². The minimum absolute atomic E-state index is 0.146. The number of carboxylic acids is 1. The summed E-state index contributed by atoms with van der Waals surface area (Å²) < 4.78 is 1.27. The molecular formula is C9H14N4O2S. The van der Waals surface area contributed by atoms with E-state index in [1.54, 1.807) is 18.7 Å². The minimum atomic E-state index is -0.917. The van der Waals surface area contributed by atoms with Crippen molar-refractivity contribution in [2.45, 2.75) is 37.5 Å². The van der Waals surface area contributed by atoms with Crippen molar-refractivity contribution >= 4 is 17.7 Å². The molecule has 7 heteroatoms. The summed E-state index contributed by atoms with van der Waals surface area (Å²) in [4.78, 5) is 10.9. The number of hydrogen-bond donors (Lipinski definition) is 1. The Bertz CT molecular complexity index is 400. The number of hydrogen-bond acceptors (Lipinski definition) is 5. The van der Waals surface area contributed by atoms with E-state index in [4.69, 9.17) is 5.11 Å². The zero-order valence-corrected chi connectivity index (χ0v) is 10.1. The lowest BCUT2D eigenvalue weighted by molar-refractivity contribution is -0.140. The molecule has 0 amide bonds. The lowest BCUT2D eigenvalue weighted by Gasteiger charge is -2.22. The van der Waals surface area contributed by atoms with Gasteiger partial charge in [-0.05, 0) is 42.9 Å². The van der Waals surface area contributed by atoms with Crippen molar-refractivity contribution in [3.8, 4) is 0 Å². The largest absolute Gasteiger partial charge is 0.480 e. The van der Waals surface area contributed by atoms with Crippen LogP contribution < -0.4 is 0 Å². The Morgan fingerprint density at radius 2 is 2.44 bits per heavy atom. The molecular weight excluding hydrogens is 228 g/mol. The van der Waals surface area contributed by atoms with Gasteiger partial charge >= 0.3 is 5.97 Å². The Kier molecular flexibility index (Phi) is 2.88. The maximum Gasteiger partial charge on any atom is 0.328 e. The van der Waals surface area contributed by atoms with E-state index in [-0.39, 0.29) is 4.75 Å². The highest BCUT2D eigenvalue weighted by atomic mass is 32.2. The normalized spacial score (nSPS) is 26.9. The number of aromatic nitrogens is 4. The molecule has 0 aromatic carbocycles. The van der Waals surface area contributed by atoms with Crippen molar-refractivity contribution in [1.29, 1.82) is 0 Å². The maximum absolute atomic E-state index is 10.9. The molecule has 1 N–H and O–H groups in total. The highest BCUT2D eigenvalue weighted by Crippen LogP contribution is 2.45. The number of carbonyl (C=O) groups is 1. The molecule has 1 saturated heterocycles. The molecule has 1 fully saturated rings. The molecule has 0 aliphatic carbocycles. The molecule has 1 aliphatic heterocycles. The number of nitrogens with zero attached hydrogens (tertiary/aromatic N) is 4. The van der Waals surface area contributed by atoms with Gasteiger partial charge in [-0.1, -0.05) is 0 Å². The van der Waals surface area contributed by atoms with E-state index < -0.39 is 12.0 Å². The first kappa shape index (κ1) is 11.4. The van der Waals surface area contributed by atoms with Gasteiger partial charge in [0, 0.05) is 0 Å². The molecule has 0 bridgehead atoms. The molecule has 2 heterocycles. The lowest BCUT2D eigenvalue weighted by atomic mass is 10.0. The maximum atomic E-state index is 10.9. The summed E-state index contributed by atoms with van der Waals surface area (Å²) in [6.45, 7) is 3.66. The number of carboxylic acid groups (broad SMARTS) is 1. The van der Waals surface area contributed by atoms with E-state index >= 15 is 0 Å². The van der Waals surface area contributed by atoms with E-state index in [0.717, 1.165) is 18.6 Å². The number of tetrazole rings is 1. The Balaban J connectivity index is 2.35. The van der Waals surface area contributed by atoms with Gasteiger partial charge in [0.25, 0.3) is 0 Å². The summed E-state index contributed by atoms with van der Waals surface area (Å²) in [6.07, 6.45) is 2.11. The summed E-state index contributed by atoms with van der Waals surface area (Å²) in [7, 11) is 0. The predicted octanol–water partition coefficient (Wildman–Crippen LogP) is 1.06. The van der Waals surface area contributed by atoms with Crippen LogP contribution in [0.3, 0.4) is 0 Å². The smallest absolute Gasteiger partial charge is 0.328 e. The van der Waals surface area contributed by atoms with E-state index in [9.17, 15) is 4.79 Å². The van der Waals surface area contributed by atoms with Gasteiger partial charge in [0.15, 0.2) is 5.82 Å². The van der Waals surface area contributed by atoms with Gasteiger partial charge in [-0.15, -0.1) is 16.9 Å². The van der Waals surface area contributed by atoms with Crippen molar-refractivity contribution in [1.82, 2.24) is 20.2 Å². The summed E-state index contributed by atoms with van der Waals surface area (Å²) in [6, 6.07) is -0.719. The quantitative estimate of drug-likeness (QED) is 0.853. The van der Waals surface area contributed by atoms with Gasteiger partial charge in [-0.2, -0.15) is 0 Å². The standard InChI is InChI=1S/C9H14N4O2S/c1-6(7(14)15)13-8(10-11-12-13)9(2)4-3-5-16-9/h6H,3-5H2,1-2H3,(H,14,15). The van der Waals surface area contributed by atoms with Gasteiger partial charge in [0.1, 0.15) is 6.04 Å². The zero-order chi connectivity index (χ0) is 11.8. The summed E-state index contributed by atoms with van der Waals surface area (Å²) in [5.41, 5.74) is 0. The van der Waals surface area contributed by atoms with Crippen molar-refractivity contribution in [2.75, 3.05) is 5.75 Å². The van der Waals surface area contributed by atoms with Crippen LogP contribution >= 0.6 is 11.8 Å². The third kappa shape index (κ3) is 1.79. The molecule has 88 valence electrons. The summed E-state index contributed by atoms with van der Waals surface area (Å²) in [5, 5.41) is 20.4. The van der Waals surface area contributed by atoms with Crippen LogP contribution in [0.5, 0.6) is 0 Å². The van der Waals surface area contributed by atoms with Crippen LogP contribution in [0.1, 0.15) is 38.6 Å². The monoisotopic (exact) mass is 242 g/mol. The zero-order valence-electron chi connectivity index (χ0n) is 9.25. The van der Waals surface area contributed by atoms with Gasteiger partial charge in [0.05, 0.1) is 4.75 Å². The second-order valence-electron chi connectivity index (χ2n) is 4.14. The molecule has 6 nitrogen and oxygen atoms in total. The number of thioether (sulfide) groups is 1. The van der Waals surface area contributed by atoms with E-state index in [1.165, 1.54) is 4.68 Å². The van der Waals surface area contributed by atoms with Crippen LogP contribution in [-0.4, -0.2) is 37.0 Å². The molecule has 1 aromatic rings. The minimum Gasteiger partial charge on any atom is -0.480 e. The topological polar surface area (TPSA) is 80.9 Å². The predicted molar refractivity (Wildman–Crippen MR) is 59.2 cm³/mol. The Labute approximate surface area is 97.4 Å². The third-order valence-corrected chi connectivity index (χ3v) is 4.43. The Hall–Kier alpha value is -1.11. The first-order valence-electron chi connectivity index (χ1n) is 5.20. The fourth-order valence-corrected chi connectivity index (χ4v) is 3.15. The van der Waals surface area contributed by atoms with Crippen LogP contribution in [0, 0.1) is 0 Å². The fraction of sp³-hybridized carbons (Fsp3) is 0.778. The second-order valence-corrected chi connectivity index (χ2v) is 5.74. The first-order chi connectivity index (χ1) is 7.54. The highest BCUT2D eigenvalue weighted by molar-refractivity contribution is 8.00. The molecule has 0 spiro atoms. The highest BCUT2D eigenvalue weighted by Gasteiger charge is 2.38. The van der Waals surface area contributed by atoms with Crippen molar-refractivity contribution in [3.63, 3.8) is 0 Å². The average molecular weight is 242 g/mol. The van der Waals surface area contributed by atoms with Crippen LogP contribution in [0.4, 0.5) is 0 Å². The van der Waals surface area contributed by atoms with Crippen LogP contribution in [0.25, 0.3) is 0 Å². The average Bonchev–Trinajstić information content (AvgIpc) is 2.85. The number of aliphatic carboxylic acids is 1. The molecule has 2 unspecified atom stereocenters. The molecule has 16 heavy (non-hydrogen) atoms. The van der Waals surface area contributed by atoms with Crippen molar-refractivity contribution in [3.05, 3.63) is 5.82 Å². The third-order valence-electron chi connectivity index (χ3n) is 2.91. The summed E-state index contributed by atoms with van der Waals surface area (Å²) in [5.74, 6) is 0.829. The Morgan fingerprint density at radius 1 is 1.69 bits per heavy atom. The van der Waals surface area contributed by atoms with Crippen LogP contribution in [0.2, 0.25) is 0 Å². The van der Waals surface area contributed by atoms with Gasteiger partial charge in [-0.3, -0.25) is 0 Å². The van der Waals surface area contributed by atoms with Crippen molar-refractivity contribution < 1.29 is 9.90 Å². The SMILES string of the molecule is CC(C(=O)O)n1nnnc1C1(C)CCCS1. The lowest BCUT2D eigenvalue weighted by Crippen LogP contribution is -2.26. The first-order valence-corrected chi connectivity index (χ1v) is 6.18. The van der Waals surface area contributed by atoms with E-state index in [2.05, 4.69) is 22.4 Å². The Morgan fingerprint density at radius 3 is 3.00 bits per heavy atom. The van der Waals surface area contributed by atoms with Crippen LogP contribution in [0.15, 0.2) is 0 Å². The van der Waals surface area contributed by atoms with E-state index in [0.29, 0.717) is 5.82 Å². The molecule has 2 rings (SSSR count). The molecule has 1 aromatic heterocycles. The molecule has 0 radical (unpaired) electrons. The number of rotatable bonds is 3. The van der Waals surface area contributed by atoms with Gasteiger partial charge in [0.2, 0.25) is 0 Å². The van der Waals surface area contributed by atoms with Crippen LogP contribution in [-0.2, 0) is 9.54 Å². The van der Waals surface area contributed by atoms with Crippen molar-refractivity contribution in [2.24, 2.45) is 0 Å². The van der Waals surface area contributed by atoms with Gasteiger partial charge in [-0.25, -0.2) is 9.48 Å². The summed E-state index contributed by atoms with van der Waals surface area (Å²) >= 11 is 1.79. The second kappa shape index (κ2) is 4.04. The molecule has 2 atom stereocenters. The van der Waals surface area contributed by atoms with Gasteiger partial charge < -0.3 is 5.11 Å². The fourth-order valence-electron chi connectivity index (χ4n) is 1.86. The molecule has 1 aliphatic rings. The molecule has 0 saturated carbocycles.